The maximum atomic E-state index is 12.4. The first-order valence-corrected chi connectivity index (χ1v) is 10.1. The number of hydrogen-bond donors (Lipinski definition) is 6. The molecule has 3 amide bonds. The molecule has 0 aliphatic carbocycles. The van der Waals surface area contributed by atoms with Gasteiger partial charge in [0.2, 0.25) is 17.7 Å². The lowest BCUT2D eigenvalue weighted by Crippen LogP contribution is -2.57. The average molecular weight is 437 g/mol. The zero-order chi connectivity index (χ0) is 23.6. The van der Waals surface area contributed by atoms with Crippen molar-refractivity contribution in [3.8, 4) is 0 Å². The zero-order valence-electron chi connectivity index (χ0n) is 18.0. The third-order valence-corrected chi connectivity index (χ3v) is 4.46. The normalized spacial score (nSPS) is 14.8. The average Bonchev–Trinajstić information content (AvgIpc) is 2.69. The Kier molecular flexibility index (Phi) is 10.6. The van der Waals surface area contributed by atoms with Crippen LogP contribution in [0.25, 0.3) is 0 Å². The van der Waals surface area contributed by atoms with Crippen LogP contribution < -0.4 is 21.7 Å². The topological polar surface area (TPSA) is 171 Å². The molecule has 10 nitrogen and oxygen atoms in total. The highest BCUT2D eigenvalue weighted by atomic mass is 16.4. The predicted octanol–water partition coefficient (Wildman–Crippen LogP) is -0.846. The Morgan fingerprint density at radius 2 is 1.61 bits per heavy atom. The summed E-state index contributed by atoms with van der Waals surface area (Å²) >= 11 is 0. The Morgan fingerprint density at radius 1 is 1.00 bits per heavy atom. The predicted molar refractivity (Wildman–Crippen MR) is 114 cm³/mol. The molecule has 10 heteroatoms. The van der Waals surface area contributed by atoms with Crippen molar-refractivity contribution in [1.29, 1.82) is 0 Å². The summed E-state index contributed by atoms with van der Waals surface area (Å²) in [5.74, 6) is -3.30. The number of carbonyl (C=O) groups is 4. The molecule has 0 heterocycles. The van der Waals surface area contributed by atoms with Crippen molar-refractivity contribution < 1.29 is 29.4 Å². The molecule has 0 saturated heterocycles. The second-order valence-electron chi connectivity index (χ2n) is 7.83. The van der Waals surface area contributed by atoms with E-state index < -0.39 is 54.5 Å². The number of benzene rings is 1. The van der Waals surface area contributed by atoms with Gasteiger partial charge in [0.15, 0.2) is 0 Å². The molecule has 0 radical (unpaired) electrons. The SMILES string of the molecule is CC(C)CC(NC(=O)C(NC(=O)CNC(=O)C(N)Cc1ccccc1)C(C)O)C(=O)O. The van der Waals surface area contributed by atoms with Crippen LogP contribution in [0.4, 0.5) is 0 Å². The van der Waals surface area contributed by atoms with Crippen LogP contribution in [0.2, 0.25) is 0 Å². The summed E-state index contributed by atoms with van der Waals surface area (Å²) in [6.45, 7) is 4.45. The summed E-state index contributed by atoms with van der Waals surface area (Å²) in [7, 11) is 0. The van der Waals surface area contributed by atoms with Crippen molar-refractivity contribution in [2.24, 2.45) is 11.7 Å². The van der Waals surface area contributed by atoms with E-state index in [-0.39, 0.29) is 12.3 Å². The van der Waals surface area contributed by atoms with Crippen LogP contribution in [0.5, 0.6) is 0 Å². The van der Waals surface area contributed by atoms with Gasteiger partial charge < -0.3 is 31.9 Å². The van der Waals surface area contributed by atoms with E-state index in [0.717, 1.165) is 5.56 Å². The van der Waals surface area contributed by atoms with E-state index in [1.165, 1.54) is 6.92 Å². The third-order valence-electron chi connectivity index (χ3n) is 4.46. The lowest BCUT2D eigenvalue weighted by Gasteiger charge is -2.24. The van der Waals surface area contributed by atoms with Gasteiger partial charge in [-0.25, -0.2) is 4.79 Å². The van der Waals surface area contributed by atoms with Gasteiger partial charge in [0.05, 0.1) is 18.7 Å². The second kappa shape index (κ2) is 12.7. The Hall–Kier alpha value is -2.98. The van der Waals surface area contributed by atoms with Crippen LogP contribution in [-0.4, -0.2) is 64.7 Å². The van der Waals surface area contributed by atoms with Crippen LogP contribution >= 0.6 is 0 Å². The van der Waals surface area contributed by atoms with Crippen LogP contribution in [0.15, 0.2) is 30.3 Å². The molecule has 31 heavy (non-hydrogen) atoms. The summed E-state index contributed by atoms with van der Waals surface area (Å²) < 4.78 is 0. The smallest absolute Gasteiger partial charge is 0.326 e. The highest BCUT2D eigenvalue weighted by Crippen LogP contribution is 2.06. The van der Waals surface area contributed by atoms with E-state index >= 15 is 0 Å². The molecule has 172 valence electrons. The van der Waals surface area contributed by atoms with Crippen molar-refractivity contribution >= 4 is 23.7 Å². The van der Waals surface area contributed by atoms with Crippen molar-refractivity contribution in [3.63, 3.8) is 0 Å². The monoisotopic (exact) mass is 436 g/mol. The lowest BCUT2D eigenvalue weighted by molar-refractivity contribution is -0.143. The molecule has 1 rings (SSSR count). The largest absolute Gasteiger partial charge is 0.480 e. The van der Waals surface area contributed by atoms with Gasteiger partial charge in [-0.3, -0.25) is 14.4 Å². The number of carboxylic acids is 1. The molecule has 0 aliphatic rings. The van der Waals surface area contributed by atoms with E-state index in [1.54, 1.807) is 13.8 Å². The fourth-order valence-electron chi connectivity index (χ4n) is 2.84. The highest BCUT2D eigenvalue weighted by molar-refractivity contribution is 5.92. The number of aliphatic carboxylic acids is 1. The minimum atomic E-state index is -1.38. The molecular formula is C21H32N4O6. The Labute approximate surface area is 181 Å². The summed E-state index contributed by atoms with van der Waals surface area (Å²) in [6, 6.07) is 5.76. The molecule has 0 fully saturated rings. The number of amides is 3. The molecule has 7 N–H and O–H groups in total. The first-order valence-electron chi connectivity index (χ1n) is 10.1. The standard InChI is InChI=1S/C21H32N4O6/c1-12(2)9-16(21(30)31)24-20(29)18(13(3)26)25-17(27)11-23-19(28)15(22)10-14-7-5-4-6-8-14/h4-8,12-13,15-16,18,26H,9-11,22H2,1-3H3,(H,23,28)(H,24,29)(H,25,27)(H,30,31). The maximum Gasteiger partial charge on any atom is 0.326 e. The van der Waals surface area contributed by atoms with E-state index in [2.05, 4.69) is 16.0 Å². The van der Waals surface area contributed by atoms with Crippen LogP contribution in [-0.2, 0) is 25.6 Å². The third kappa shape index (κ3) is 9.58. The van der Waals surface area contributed by atoms with Crippen LogP contribution in [0.1, 0.15) is 32.8 Å². The number of rotatable bonds is 12. The Morgan fingerprint density at radius 3 is 2.13 bits per heavy atom. The van der Waals surface area contributed by atoms with Crippen LogP contribution in [0, 0.1) is 5.92 Å². The fourth-order valence-corrected chi connectivity index (χ4v) is 2.84. The number of aliphatic hydroxyl groups excluding tert-OH is 1. The number of nitrogens with one attached hydrogen (secondary N) is 3. The minimum absolute atomic E-state index is 0.0105. The van der Waals surface area contributed by atoms with E-state index in [1.807, 2.05) is 30.3 Å². The van der Waals surface area contributed by atoms with Gasteiger partial charge in [0.1, 0.15) is 12.1 Å². The first kappa shape index (κ1) is 26.1. The zero-order valence-corrected chi connectivity index (χ0v) is 18.0. The molecule has 4 atom stereocenters. The summed E-state index contributed by atoms with van der Waals surface area (Å²) in [5.41, 5.74) is 6.72. The Balaban J connectivity index is 2.59. The minimum Gasteiger partial charge on any atom is -0.480 e. The molecule has 4 unspecified atom stereocenters. The second-order valence-corrected chi connectivity index (χ2v) is 7.83. The maximum absolute atomic E-state index is 12.4. The summed E-state index contributed by atoms with van der Waals surface area (Å²) in [6.07, 6.45) is -0.801. The van der Waals surface area contributed by atoms with E-state index in [9.17, 15) is 29.4 Å². The van der Waals surface area contributed by atoms with Crippen molar-refractivity contribution in [2.45, 2.75) is 57.8 Å². The number of carbonyl (C=O) groups excluding carboxylic acids is 3. The number of carboxylic acid groups (broad SMARTS) is 1. The van der Waals surface area contributed by atoms with Crippen molar-refractivity contribution in [3.05, 3.63) is 35.9 Å². The van der Waals surface area contributed by atoms with Gasteiger partial charge in [-0.05, 0) is 31.2 Å². The molecule has 0 bridgehead atoms. The number of aliphatic hydroxyl groups is 1. The number of nitrogens with two attached hydrogens (primary N) is 1. The molecular weight excluding hydrogens is 404 g/mol. The molecule has 0 aromatic heterocycles. The van der Waals surface area contributed by atoms with Gasteiger partial charge in [0, 0.05) is 0 Å². The molecule has 0 saturated carbocycles. The summed E-state index contributed by atoms with van der Waals surface area (Å²) in [5, 5.41) is 26.1. The summed E-state index contributed by atoms with van der Waals surface area (Å²) in [4.78, 5) is 48.0. The quantitative estimate of drug-likeness (QED) is 0.248. The fraction of sp³-hybridized carbons (Fsp3) is 0.524. The Bertz CT molecular complexity index is 753. The van der Waals surface area contributed by atoms with Gasteiger partial charge in [-0.2, -0.15) is 0 Å². The van der Waals surface area contributed by atoms with Crippen molar-refractivity contribution in [2.75, 3.05) is 6.54 Å². The lowest BCUT2D eigenvalue weighted by atomic mass is 10.0. The molecule has 1 aromatic carbocycles. The molecule has 0 aliphatic heterocycles. The van der Waals surface area contributed by atoms with Crippen LogP contribution in [0.3, 0.4) is 0 Å². The van der Waals surface area contributed by atoms with Gasteiger partial charge in [0.25, 0.3) is 0 Å². The highest BCUT2D eigenvalue weighted by Gasteiger charge is 2.30. The van der Waals surface area contributed by atoms with Crippen molar-refractivity contribution in [1.82, 2.24) is 16.0 Å². The number of hydrogen-bond acceptors (Lipinski definition) is 6. The first-order chi connectivity index (χ1) is 14.5. The van der Waals surface area contributed by atoms with E-state index in [0.29, 0.717) is 6.42 Å². The van der Waals surface area contributed by atoms with Gasteiger partial charge in [-0.15, -0.1) is 0 Å². The van der Waals surface area contributed by atoms with E-state index in [4.69, 9.17) is 5.73 Å². The molecule has 1 aromatic rings. The van der Waals surface area contributed by atoms with Gasteiger partial charge in [-0.1, -0.05) is 44.2 Å². The molecule has 0 spiro atoms. The van der Waals surface area contributed by atoms with Gasteiger partial charge >= 0.3 is 5.97 Å².